The molecule has 0 aliphatic rings. The van der Waals surface area contributed by atoms with Crippen molar-refractivity contribution in [3.63, 3.8) is 0 Å². The van der Waals surface area contributed by atoms with Crippen molar-refractivity contribution >= 4 is 0 Å². The molecule has 0 saturated heterocycles. The Morgan fingerprint density at radius 3 is 2.67 bits per heavy atom. The van der Waals surface area contributed by atoms with Gasteiger partial charge in [-0.25, -0.2) is 0 Å². The highest BCUT2D eigenvalue weighted by Crippen LogP contribution is 2.29. The summed E-state index contributed by atoms with van der Waals surface area (Å²) >= 11 is 0. The Kier molecular flexibility index (Phi) is 3.94. The molecule has 1 aromatic rings. The fraction of sp³-hybridized carbons (Fsp3) is 0.455. The summed E-state index contributed by atoms with van der Waals surface area (Å²) in [6.45, 7) is 1.84. The molecule has 0 aliphatic carbocycles. The molecule has 4 heteroatoms. The minimum absolute atomic E-state index is 0.0794. The minimum Gasteiger partial charge on any atom is -0.508 e. The van der Waals surface area contributed by atoms with Gasteiger partial charge in [0.25, 0.3) is 0 Å². The van der Waals surface area contributed by atoms with E-state index in [1.165, 1.54) is 13.2 Å². The van der Waals surface area contributed by atoms with E-state index >= 15 is 0 Å². The van der Waals surface area contributed by atoms with E-state index in [0.29, 0.717) is 17.7 Å². The predicted molar refractivity (Wildman–Crippen MR) is 57.9 cm³/mol. The van der Waals surface area contributed by atoms with E-state index in [1.807, 2.05) is 6.92 Å². The largest absolute Gasteiger partial charge is 0.508 e. The number of hydrogen-bond acceptors (Lipinski definition) is 4. The summed E-state index contributed by atoms with van der Waals surface area (Å²) < 4.78 is 5.03. The molecule has 0 aromatic heterocycles. The second-order valence-corrected chi connectivity index (χ2v) is 3.43. The Morgan fingerprint density at radius 1 is 1.47 bits per heavy atom. The molecule has 0 amide bonds. The van der Waals surface area contributed by atoms with Gasteiger partial charge < -0.3 is 20.7 Å². The van der Waals surface area contributed by atoms with Gasteiger partial charge >= 0.3 is 0 Å². The smallest absolute Gasteiger partial charge is 0.120 e. The standard InChI is InChI=1S/C11H17NO3/c1-3-9(13)11(12)8-6-7(15-2)4-5-10(8)14/h4-6,9,11,13-14H,3,12H2,1-2H3/t9-,11+/m1/s1. The fourth-order valence-electron chi connectivity index (χ4n) is 1.39. The number of nitrogens with two attached hydrogens (primary N) is 1. The summed E-state index contributed by atoms with van der Waals surface area (Å²) in [7, 11) is 1.54. The summed E-state index contributed by atoms with van der Waals surface area (Å²) in [6, 6.07) is 4.20. The number of hydrogen-bond donors (Lipinski definition) is 3. The van der Waals surface area contributed by atoms with Crippen molar-refractivity contribution in [2.75, 3.05) is 7.11 Å². The average Bonchev–Trinajstić information content (AvgIpc) is 2.27. The van der Waals surface area contributed by atoms with Crippen molar-refractivity contribution in [1.82, 2.24) is 0 Å². The molecule has 0 spiro atoms. The zero-order valence-corrected chi connectivity index (χ0v) is 8.97. The molecule has 0 unspecified atom stereocenters. The normalized spacial score (nSPS) is 14.7. The topological polar surface area (TPSA) is 75.7 Å². The Hall–Kier alpha value is -1.26. The van der Waals surface area contributed by atoms with Gasteiger partial charge in [-0.2, -0.15) is 0 Å². The number of benzene rings is 1. The van der Waals surface area contributed by atoms with E-state index in [0.717, 1.165) is 0 Å². The summed E-state index contributed by atoms with van der Waals surface area (Å²) in [5, 5.41) is 19.2. The lowest BCUT2D eigenvalue weighted by atomic mass is 9.99. The number of phenols is 1. The van der Waals surface area contributed by atoms with Gasteiger partial charge in [0.1, 0.15) is 11.5 Å². The lowest BCUT2D eigenvalue weighted by Crippen LogP contribution is -2.25. The SMILES string of the molecule is CC[C@@H](O)[C@@H](N)c1cc(OC)ccc1O. The summed E-state index contributed by atoms with van der Waals surface area (Å²) in [5.41, 5.74) is 6.31. The Morgan fingerprint density at radius 2 is 2.13 bits per heavy atom. The number of aromatic hydroxyl groups is 1. The lowest BCUT2D eigenvalue weighted by molar-refractivity contribution is 0.139. The Labute approximate surface area is 89.3 Å². The van der Waals surface area contributed by atoms with Crippen LogP contribution in [0.15, 0.2) is 18.2 Å². The zero-order chi connectivity index (χ0) is 11.4. The maximum Gasteiger partial charge on any atom is 0.120 e. The van der Waals surface area contributed by atoms with Gasteiger partial charge in [0.15, 0.2) is 0 Å². The number of methoxy groups -OCH3 is 1. The molecule has 4 nitrogen and oxygen atoms in total. The maximum atomic E-state index is 9.60. The third-order valence-electron chi connectivity index (χ3n) is 2.43. The maximum absolute atomic E-state index is 9.60. The van der Waals surface area contributed by atoms with Crippen LogP contribution in [-0.2, 0) is 0 Å². The van der Waals surface area contributed by atoms with Crippen molar-refractivity contribution < 1.29 is 14.9 Å². The predicted octanol–water partition coefficient (Wildman–Crippen LogP) is 1.17. The fourth-order valence-corrected chi connectivity index (χ4v) is 1.39. The van der Waals surface area contributed by atoms with Crippen LogP contribution in [0, 0.1) is 0 Å². The molecule has 1 rings (SSSR count). The quantitative estimate of drug-likeness (QED) is 0.698. The highest BCUT2D eigenvalue weighted by atomic mass is 16.5. The molecular formula is C11H17NO3. The second-order valence-electron chi connectivity index (χ2n) is 3.43. The van der Waals surface area contributed by atoms with E-state index in [9.17, 15) is 10.2 Å². The molecule has 15 heavy (non-hydrogen) atoms. The summed E-state index contributed by atoms with van der Waals surface area (Å²) in [6.07, 6.45) is -0.124. The number of ether oxygens (including phenoxy) is 1. The number of aliphatic hydroxyl groups excluding tert-OH is 1. The molecule has 84 valence electrons. The number of rotatable bonds is 4. The van der Waals surface area contributed by atoms with Crippen LogP contribution in [0.25, 0.3) is 0 Å². The first-order valence-electron chi connectivity index (χ1n) is 4.90. The van der Waals surface area contributed by atoms with Crippen molar-refractivity contribution in [2.24, 2.45) is 5.73 Å². The van der Waals surface area contributed by atoms with E-state index in [-0.39, 0.29) is 5.75 Å². The van der Waals surface area contributed by atoms with Gasteiger partial charge in [0.05, 0.1) is 19.3 Å². The number of aliphatic hydroxyl groups is 1. The Balaban J connectivity index is 3.01. The first-order chi connectivity index (χ1) is 7.10. The van der Waals surface area contributed by atoms with Crippen LogP contribution >= 0.6 is 0 Å². The average molecular weight is 211 g/mol. The van der Waals surface area contributed by atoms with E-state index in [4.69, 9.17) is 10.5 Å². The van der Waals surface area contributed by atoms with E-state index < -0.39 is 12.1 Å². The van der Waals surface area contributed by atoms with Gasteiger partial charge in [-0.1, -0.05) is 6.92 Å². The van der Waals surface area contributed by atoms with Crippen LogP contribution in [0.1, 0.15) is 24.9 Å². The third-order valence-corrected chi connectivity index (χ3v) is 2.43. The van der Waals surface area contributed by atoms with E-state index in [2.05, 4.69) is 0 Å². The molecule has 0 radical (unpaired) electrons. The van der Waals surface area contributed by atoms with Gasteiger partial charge in [-0.15, -0.1) is 0 Å². The van der Waals surface area contributed by atoms with Crippen LogP contribution in [-0.4, -0.2) is 23.4 Å². The van der Waals surface area contributed by atoms with Crippen molar-refractivity contribution in [2.45, 2.75) is 25.5 Å². The molecule has 4 N–H and O–H groups in total. The van der Waals surface area contributed by atoms with Crippen molar-refractivity contribution in [3.05, 3.63) is 23.8 Å². The van der Waals surface area contributed by atoms with Crippen molar-refractivity contribution in [3.8, 4) is 11.5 Å². The highest BCUT2D eigenvalue weighted by molar-refractivity contribution is 5.41. The lowest BCUT2D eigenvalue weighted by Gasteiger charge is -2.19. The molecule has 0 aliphatic heterocycles. The highest BCUT2D eigenvalue weighted by Gasteiger charge is 2.18. The summed E-state index contributed by atoms with van der Waals surface area (Å²) in [4.78, 5) is 0. The first-order valence-corrected chi connectivity index (χ1v) is 4.90. The molecule has 0 fully saturated rings. The molecule has 0 bridgehead atoms. The monoisotopic (exact) mass is 211 g/mol. The van der Waals surface area contributed by atoms with Crippen LogP contribution in [0.5, 0.6) is 11.5 Å². The minimum atomic E-state index is -0.664. The van der Waals surface area contributed by atoms with Gasteiger partial charge in [0.2, 0.25) is 0 Å². The van der Waals surface area contributed by atoms with Crippen LogP contribution in [0.4, 0.5) is 0 Å². The molecular weight excluding hydrogens is 194 g/mol. The third kappa shape index (κ3) is 2.61. The van der Waals surface area contributed by atoms with E-state index in [1.54, 1.807) is 12.1 Å². The zero-order valence-electron chi connectivity index (χ0n) is 8.97. The number of phenolic OH excluding ortho intramolecular Hbond substituents is 1. The molecule has 1 aromatic carbocycles. The van der Waals surface area contributed by atoms with Crippen molar-refractivity contribution in [1.29, 1.82) is 0 Å². The first kappa shape index (κ1) is 11.8. The molecule has 0 saturated carbocycles. The van der Waals surface area contributed by atoms with Crippen LogP contribution in [0.3, 0.4) is 0 Å². The van der Waals surface area contributed by atoms with Crippen LogP contribution < -0.4 is 10.5 Å². The molecule has 2 atom stereocenters. The Bertz CT molecular complexity index is 328. The van der Waals surface area contributed by atoms with Crippen LogP contribution in [0.2, 0.25) is 0 Å². The molecule has 0 heterocycles. The van der Waals surface area contributed by atoms with Gasteiger partial charge in [0, 0.05) is 5.56 Å². The summed E-state index contributed by atoms with van der Waals surface area (Å²) in [5.74, 6) is 0.692. The van der Waals surface area contributed by atoms with Gasteiger partial charge in [-0.3, -0.25) is 0 Å². The second kappa shape index (κ2) is 5.00. The van der Waals surface area contributed by atoms with Gasteiger partial charge in [-0.05, 0) is 24.6 Å².